The van der Waals surface area contributed by atoms with Gasteiger partial charge in [-0.05, 0) is 33.0 Å². The van der Waals surface area contributed by atoms with Gasteiger partial charge in [-0.25, -0.2) is 4.18 Å². The molecule has 15 heavy (non-hydrogen) atoms. The van der Waals surface area contributed by atoms with Gasteiger partial charge in [0.1, 0.15) is 0 Å². The minimum atomic E-state index is -4.17. The lowest BCUT2D eigenvalue weighted by molar-refractivity contribution is 0.283. The highest BCUT2D eigenvalue weighted by molar-refractivity contribution is 7.80. The zero-order chi connectivity index (χ0) is 12.3. The normalized spacial score (nSPS) is 11.1. The molecule has 0 saturated heterocycles. The van der Waals surface area contributed by atoms with Gasteiger partial charge in [0.2, 0.25) is 0 Å². The number of hydrogen-bond donors (Lipinski definition) is 1. The molecule has 6 heteroatoms. The standard InChI is InChI=1S/C7H17N.C2H6O4S/c1-4-7-8(5-2)6-3;1-2-6-7(3,4)5/h4-7H2,1-3H3;2H2,1H3,(H,3,4,5). The first-order valence-corrected chi connectivity index (χ1v) is 6.61. The van der Waals surface area contributed by atoms with Crippen LogP contribution in [0.15, 0.2) is 0 Å². The molecular weight excluding hydrogens is 218 g/mol. The van der Waals surface area contributed by atoms with Crippen LogP contribution >= 0.6 is 0 Å². The van der Waals surface area contributed by atoms with Crippen LogP contribution < -0.4 is 0 Å². The van der Waals surface area contributed by atoms with E-state index in [1.54, 1.807) is 0 Å². The smallest absolute Gasteiger partial charge is 0.304 e. The summed E-state index contributed by atoms with van der Waals surface area (Å²) in [6, 6.07) is 0. The largest absolute Gasteiger partial charge is 0.397 e. The van der Waals surface area contributed by atoms with Gasteiger partial charge in [-0.15, -0.1) is 0 Å². The molecule has 94 valence electrons. The minimum Gasteiger partial charge on any atom is -0.304 e. The predicted octanol–water partition coefficient (Wildman–Crippen LogP) is 1.56. The Hall–Kier alpha value is -0.170. The predicted molar refractivity (Wildman–Crippen MR) is 61.3 cm³/mol. The van der Waals surface area contributed by atoms with Gasteiger partial charge in [0.05, 0.1) is 6.61 Å². The molecule has 0 atom stereocenters. The summed E-state index contributed by atoms with van der Waals surface area (Å²) in [5.41, 5.74) is 0. The topological polar surface area (TPSA) is 66.8 Å². The zero-order valence-electron chi connectivity index (χ0n) is 10.1. The van der Waals surface area contributed by atoms with Crippen LogP contribution in [0.5, 0.6) is 0 Å². The van der Waals surface area contributed by atoms with E-state index in [0.717, 1.165) is 0 Å². The maximum Gasteiger partial charge on any atom is 0.397 e. The molecule has 0 amide bonds. The van der Waals surface area contributed by atoms with Gasteiger partial charge >= 0.3 is 10.4 Å². The number of hydrogen-bond acceptors (Lipinski definition) is 4. The van der Waals surface area contributed by atoms with Crippen molar-refractivity contribution in [2.75, 3.05) is 26.2 Å². The highest BCUT2D eigenvalue weighted by atomic mass is 32.3. The Balaban J connectivity index is 0. The molecule has 0 unspecified atom stereocenters. The third kappa shape index (κ3) is 16.5. The molecule has 0 aliphatic carbocycles. The summed E-state index contributed by atoms with van der Waals surface area (Å²) in [7, 11) is -4.17. The van der Waals surface area contributed by atoms with Crippen molar-refractivity contribution in [3.63, 3.8) is 0 Å². The molecule has 0 bridgehead atoms. The Morgan fingerprint density at radius 3 is 1.67 bits per heavy atom. The lowest BCUT2D eigenvalue weighted by atomic mass is 10.4. The molecule has 0 spiro atoms. The first kappa shape index (κ1) is 17.2. The van der Waals surface area contributed by atoms with Crippen molar-refractivity contribution in [1.29, 1.82) is 0 Å². The number of rotatable bonds is 6. The van der Waals surface area contributed by atoms with Crippen molar-refractivity contribution in [3.8, 4) is 0 Å². The van der Waals surface area contributed by atoms with E-state index in [4.69, 9.17) is 4.55 Å². The Labute approximate surface area is 93.4 Å². The van der Waals surface area contributed by atoms with Crippen LogP contribution in [0.1, 0.15) is 34.1 Å². The highest BCUT2D eigenvalue weighted by Gasteiger charge is 1.98. The lowest BCUT2D eigenvalue weighted by Crippen LogP contribution is -2.23. The summed E-state index contributed by atoms with van der Waals surface area (Å²) in [4.78, 5) is 2.43. The van der Waals surface area contributed by atoms with Gasteiger partial charge in [0.25, 0.3) is 0 Å². The summed E-state index contributed by atoms with van der Waals surface area (Å²) in [6.45, 7) is 11.7. The molecule has 0 aliphatic heterocycles. The maximum absolute atomic E-state index is 9.56. The van der Waals surface area contributed by atoms with Crippen molar-refractivity contribution >= 4 is 10.4 Å². The van der Waals surface area contributed by atoms with E-state index >= 15 is 0 Å². The molecule has 0 radical (unpaired) electrons. The van der Waals surface area contributed by atoms with E-state index in [9.17, 15) is 8.42 Å². The molecule has 0 rings (SSSR count). The molecule has 0 aromatic carbocycles. The van der Waals surface area contributed by atoms with Crippen molar-refractivity contribution in [1.82, 2.24) is 4.90 Å². The Morgan fingerprint density at radius 1 is 1.13 bits per heavy atom. The Kier molecular flexibility index (Phi) is 11.9. The van der Waals surface area contributed by atoms with E-state index in [1.165, 1.54) is 33.0 Å². The average Bonchev–Trinajstić information content (AvgIpc) is 2.13. The average molecular weight is 241 g/mol. The van der Waals surface area contributed by atoms with Gasteiger partial charge in [-0.3, -0.25) is 4.55 Å². The van der Waals surface area contributed by atoms with Crippen LogP contribution in [-0.4, -0.2) is 44.1 Å². The summed E-state index contributed by atoms with van der Waals surface area (Å²) >= 11 is 0. The Morgan fingerprint density at radius 2 is 1.60 bits per heavy atom. The molecule has 1 N–H and O–H groups in total. The van der Waals surface area contributed by atoms with E-state index in [1.807, 2.05) is 0 Å². The molecule has 0 aromatic rings. The SMILES string of the molecule is CCCN(CC)CC.CCOS(=O)(=O)O. The van der Waals surface area contributed by atoms with Gasteiger partial charge in [0.15, 0.2) is 0 Å². The summed E-state index contributed by atoms with van der Waals surface area (Å²) in [6.07, 6.45) is 1.28. The molecule has 0 aromatic heterocycles. The monoisotopic (exact) mass is 241 g/mol. The van der Waals surface area contributed by atoms with Gasteiger partial charge in [-0.2, -0.15) is 8.42 Å². The first-order chi connectivity index (χ1) is 6.91. The Bertz CT molecular complexity index is 212. The molecule has 0 fully saturated rings. The van der Waals surface area contributed by atoms with Crippen LogP contribution in [0.3, 0.4) is 0 Å². The summed E-state index contributed by atoms with van der Waals surface area (Å²) < 4.78 is 30.7. The third-order valence-electron chi connectivity index (χ3n) is 1.70. The van der Waals surface area contributed by atoms with Crippen LogP contribution in [0.4, 0.5) is 0 Å². The van der Waals surface area contributed by atoms with E-state index < -0.39 is 10.4 Å². The van der Waals surface area contributed by atoms with Crippen LogP contribution in [0.25, 0.3) is 0 Å². The van der Waals surface area contributed by atoms with Crippen LogP contribution in [0.2, 0.25) is 0 Å². The zero-order valence-corrected chi connectivity index (χ0v) is 10.9. The molecule has 5 nitrogen and oxygen atoms in total. The minimum absolute atomic E-state index is 0.0289. The fourth-order valence-corrected chi connectivity index (χ4v) is 1.30. The van der Waals surface area contributed by atoms with Crippen molar-refractivity contribution in [2.45, 2.75) is 34.1 Å². The van der Waals surface area contributed by atoms with E-state index in [2.05, 4.69) is 29.9 Å². The number of nitrogens with zero attached hydrogens (tertiary/aromatic N) is 1. The summed E-state index contributed by atoms with van der Waals surface area (Å²) in [5, 5.41) is 0. The summed E-state index contributed by atoms with van der Waals surface area (Å²) in [5.74, 6) is 0. The lowest BCUT2D eigenvalue weighted by Gasteiger charge is -2.15. The van der Waals surface area contributed by atoms with E-state index in [0.29, 0.717) is 0 Å². The van der Waals surface area contributed by atoms with Crippen molar-refractivity contribution in [3.05, 3.63) is 0 Å². The van der Waals surface area contributed by atoms with Gasteiger partial charge < -0.3 is 4.90 Å². The van der Waals surface area contributed by atoms with Gasteiger partial charge in [0, 0.05) is 0 Å². The van der Waals surface area contributed by atoms with Gasteiger partial charge in [-0.1, -0.05) is 20.8 Å². The van der Waals surface area contributed by atoms with Crippen molar-refractivity contribution < 1.29 is 17.2 Å². The van der Waals surface area contributed by atoms with E-state index in [-0.39, 0.29) is 6.61 Å². The highest BCUT2D eigenvalue weighted by Crippen LogP contribution is 1.87. The molecule has 0 heterocycles. The fourth-order valence-electron chi connectivity index (χ4n) is 1.00. The first-order valence-electron chi connectivity index (χ1n) is 5.25. The molecular formula is C9H23NO4S. The van der Waals surface area contributed by atoms with Crippen LogP contribution in [-0.2, 0) is 14.6 Å². The second-order valence-electron chi connectivity index (χ2n) is 2.86. The third-order valence-corrected chi connectivity index (χ3v) is 2.23. The fraction of sp³-hybridized carbons (Fsp3) is 1.00. The maximum atomic E-state index is 9.56. The second-order valence-corrected chi connectivity index (χ2v) is 3.95. The second kappa shape index (κ2) is 10.4. The van der Waals surface area contributed by atoms with Crippen LogP contribution in [0, 0.1) is 0 Å². The molecule has 0 aliphatic rings. The molecule has 0 saturated carbocycles. The quantitative estimate of drug-likeness (QED) is 0.715. The van der Waals surface area contributed by atoms with Crippen molar-refractivity contribution in [2.24, 2.45) is 0 Å².